The number of carbonyl (C=O) groups is 1. The van der Waals surface area contributed by atoms with Gasteiger partial charge < -0.3 is 10.4 Å². The summed E-state index contributed by atoms with van der Waals surface area (Å²) >= 11 is 3.17. The molecule has 1 aromatic heterocycles. The molecule has 0 saturated carbocycles. The molecule has 2 aromatic rings. The van der Waals surface area contributed by atoms with Crippen molar-refractivity contribution < 1.29 is 19.2 Å². The van der Waals surface area contributed by atoms with Crippen molar-refractivity contribution >= 4 is 39.1 Å². The molecule has 0 fully saturated rings. The molecule has 0 atom stereocenters. The number of anilines is 2. The molecule has 0 aliphatic rings. The molecule has 0 spiro atoms. The van der Waals surface area contributed by atoms with Crippen LogP contribution in [0, 0.1) is 15.9 Å². The molecule has 1 heterocycles. The lowest BCUT2D eigenvalue weighted by Gasteiger charge is -2.08. The fourth-order valence-electron chi connectivity index (χ4n) is 1.53. The molecule has 0 amide bonds. The highest BCUT2D eigenvalue weighted by molar-refractivity contribution is 9.10. The van der Waals surface area contributed by atoms with Crippen LogP contribution in [0.2, 0.25) is 0 Å². The maximum atomic E-state index is 13.2. The van der Waals surface area contributed by atoms with Gasteiger partial charge in [0.05, 0.1) is 16.2 Å². The molecule has 108 valence electrons. The van der Waals surface area contributed by atoms with Crippen LogP contribution >= 0.6 is 15.9 Å². The van der Waals surface area contributed by atoms with Gasteiger partial charge in [-0.25, -0.2) is 14.2 Å². The van der Waals surface area contributed by atoms with Crippen LogP contribution in [0.5, 0.6) is 0 Å². The average molecular weight is 356 g/mol. The molecule has 2 N–H and O–H groups in total. The van der Waals surface area contributed by atoms with E-state index in [9.17, 15) is 19.3 Å². The minimum absolute atomic E-state index is 0.184. The van der Waals surface area contributed by atoms with Crippen LogP contribution in [0.4, 0.5) is 21.6 Å². The normalized spacial score (nSPS) is 10.2. The van der Waals surface area contributed by atoms with Crippen molar-refractivity contribution in [3.63, 3.8) is 0 Å². The number of nitrogens with one attached hydrogen (secondary N) is 1. The summed E-state index contributed by atoms with van der Waals surface area (Å²) in [6.45, 7) is 0. The van der Waals surface area contributed by atoms with Gasteiger partial charge in [-0.3, -0.25) is 10.1 Å². The number of carboxylic acid groups (broad SMARTS) is 1. The Kier molecular flexibility index (Phi) is 4.13. The lowest BCUT2D eigenvalue weighted by molar-refractivity contribution is -0.384. The first-order valence-electron chi connectivity index (χ1n) is 5.48. The number of rotatable bonds is 4. The molecule has 0 aliphatic heterocycles. The lowest BCUT2D eigenvalue weighted by Crippen LogP contribution is -2.04. The molecule has 0 bridgehead atoms. The smallest absolute Gasteiger partial charge is 0.337 e. The summed E-state index contributed by atoms with van der Waals surface area (Å²) in [5.41, 5.74) is -0.606. The van der Waals surface area contributed by atoms with Gasteiger partial charge in [0, 0.05) is 16.7 Å². The number of halogens is 2. The highest BCUT2D eigenvalue weighted by atomic mass is 79.9. The van der Waals surface area contributed by atoms with E-state index in [0.717, 1.165) is 18.3 Å². The van der Waals surface area contributed by atoms with Gasteiger partial charge >= 0.3 is 11.7 Å². The Bertz CT molecular complexity index is 738. The number of nitro groups is 1. The van der Waals surface area contributed by atoms with Gasteiger partial charge in [0.15, 0.2) is 0 Å². The zero-order valence-electron chi connectivity index (χ0n) is 10.2. The van der Waals surface area contributed by atoms with E-state index in [2.05, 4.69) is 26.2 Å². The predicted octanol–water partition coefficient (Wildman–Crippen LogP) is 3.33. The van der Waals surface area contributed by atoms with E-state index in [4.69, 9.17) is 5.11 Å². The number of carboxylic acids is 1. The second-order valence-corrected chi connectivity index (χ2v) is 4.76. The summed E-state index contributed by atoms with van der Waals surface area (Å²) < 4.78 is 13.7. The van der Waals surface area contributed by atoms with E-state index in [0.29, 0.717) is 4.47 Å². The third kappa shape index (κ3) is 3.31. The Hall–Kier alpha value is -2.55. The highest BCUT2D eigenvalue weighted by Gasteiger charge is 2.19. The largest absolute Gasteiger partial charge is 0.478 e. The van der Waals surface area contributed by atoms with Crippen molar-refractivity contribution in [2.24, 2.45) is 0 Å². The van der Waals surface area contributed by atoms with Crippen LogP contribution in [0.15, 0.2) is 34.9 Å². The molecule has 0 aliphatic carbocycles. The summed E-state index contributed by atoms with van der Waals surface area (Å²) in [5.74, 6) is -2.05. The lowest BCUT2D eigenvalue weighted by atomic mass is 10.2. The molecular formula is C12H7BrFN3O4. The Morgan fingerprint density at radius 2 is 2.14 bits per heavy atom. The van der Waals surface area contributed by atoms with E-state index >= 15 is 0 Å². The van der Waals surface area contributed by atoms with Crippen LogP contribution in [-0.4, -0.2) is 21.0 Å². The van der Waals surface area contributed by atoms with Gasteiger partial charge in [0.2, 0.25) is 5.82 Å². The summed E-state index contributed by atoms with van der Waals surface area (Å²) in [6.07, 6.45) is 0.977. The Labute approximate surface area is 125 Å². The van der Waals surface area contributed by atoms with Crippen molar-refractivity contribution in [2.45, 2.75) is 0 Å². The molecule has 0 saturated heterocycles. The molecule has 0 radical (unpaired) electrons. The van der Waals surface area contributed by atoms with Crippen LogP contribution in [-0.2, 0) is 0 Å². The maximum Gasteiger partial charge on any atom is 0.337 e. The average Bonchev–Trinajstić information content (AvgIpc) is 2.42. The number of hydrogen-bond acceptors (Lipinski definition) is 5. The van der Waals surface area contributed by atoms with Crippen molar-refractivity contribution in [3.05, 3.63) is 56.4 Å². The first kappa shape index (κ1) is 14.9. The number of aromatic carboxylic acids is 1. The maximum absolute atomic E-state index is 13.2. The zero-order valence-corrected chi connectivity index (χ0v) is 11.8. The van der Waals surface area contributed by atoms with Crippen LogP contribution in [0.1, 0.15) is 10.4 Å². The Morgan fingerprint density at radius 1 is 1.43 bits per heavy atom. The first-order valence-corrected chi connectivity index (χ1v) is 6.27. The van der Waals surface area contributed by atoms with Gasteiger partial charge in [0.1, 0.15) is 5.82 Å². The fourth-order valence-corrected chi connectivity index (χ4v) is 1.87. The van der Waals surface area contributed by atoms with E-state index in [-0.39, 0.29) is 17.1 Å². The summed E-state index contributed by atoms with van der Waals surface area (Å²) in [7, 11) is 0. The first-order chi connectivity index (χ1) is 9.88. The Balaban J connectivity index is 2.46. The SMILES string of the molecule is O=C(O)c1cnc(Nc2cc(F)ccc2Br)c([N+](=O)[O-])c1. The van der Waals surface area contributed by atoms with Crippen molar-refractivity contribution in [1.29, 1.82) is 0 Å². The van der Waals surface area contributed by atoms with Crippen molar-refractivity contribution in [2.75, 3.05) is 5.32 Å². The third-order valence-corrected chi connectivity index (χ3v) is 3.18. The quantitative estimate of drug-likeness (QED) is 0.643. The minimum Gasteiger partial charge on any atom is -0.478 e. The molecule has 2 rings (SSSR count). The number of pyridine rings is 1. The number of benzene rings is 1. The Morgan fingerprint density at radius 3 is 2.76 bits per heavy atom. The molecule has 0 unspecified atom stereocenters. The molecule has 9 heteroatoms. The van der Waals surface area contributed by atoms with E-state index in [1.54, 1.807) is 0 Å². The number of nitrogens with zero attached hydrogens (tertiary/aromatic N) is 2. The van der Waals surface area contributed by atoms with Crippen LogP contribution in [0.3, 0.4) is 0 Å². The minimum atomic E-state index is -1.33. The topological polar surface area (TPSA) is 105 Å². The molecule has 21 heavy (non-hydrogen) atoms. The summed E-state index contributed by atoms with van der Waals surface area (Å²) in [5, 5.41) is 22.4. The fraction of sp³-hybridized carbons (Fsp3) is 0. The molecule has 7 nitrogen and oxygen atoms in total. The van der Waals surface area contributed by atoms with Crippen molar-refractivity contribution in [3.8, 4) is 0 Å². The monoisotopic (exact) mass is 355 g/mol. The van der Waals surface area contributed by atoms with E-state index in [1.165, 1.54) is 12.1 Å². The highest BCUT2D eigenvalue weighted by Crippen LogP contribution is 2.30. The predicted molar refractivity (Wildman–Crippen MR) is 75.2 cm³/mol. The van der Waals surface area contributed by atoms with Gasteiger partial charge in [-0.2, -0.15) is 0 Å². The van der Waals surface area contributed by atoms with Crippen LogP contribution in [0.25, 0.3) is 0 Å². The number of hydrogen-bond donors (Lipinski definition) is 2. The van der Waals surface area contributed by atoms with Gasteiger partial charge in [-0.1, -0.05) is 0 Å². The second-order valence-electron chi connectivity index (χ2n) is 3.90. The third-order valence-electron chi connectivity index (χ3n) is 2.49. The van der Waals surface area contributed by atoms with Gasteiger partial charge in [0.25, 0.3) is 0 Å². The zero-order chi connectivity index (χ0) is 15.6. The summed E-state index contributed by atoms with van der Waals surface area (Å²) in [6, 6.07) is 4.64. The molecule has 1 aromatic carbocycles. The van der Waals surface area contributed by atoms with Gasteiger partial charge in [-0.15, -0.1) is 0 Å². The molecular weight excluding hydrogens is 349 g/mol. The van der Waals surface area contributed by atoms with E-state index in [1.807, 2.05) is 0 Å². The van der Waals surface area contributed by atoms with E-state index < -0.39 is 22.4 Å². The van der Waals surface area contributed by atoms with Crippen LogP contribution < -0.4 is 5.32 Å². The number of aromatic nitrogens is 1. The summed E-state index contributed by atoms with van der Waals surface area (Å²) in [4.78, 5) is 24.7. The van der Waals surface area contributed by atoms with Gasteiger partial charge in [-0.05, 0) is 34.1 Å². The second kappa shape index (κ2) is 5.83. The van der Waals surface area contributed by atoms with Crippen molar-refractivity contribution in [1.82, 2.24) is 4.98 Å². The standard InChI is InChI=1S/C12H7BrFN3O4/c13-8-2-1-7(14)4-9(8)16-11-10(17(20)21)3-6(5-15-11)12(18)19/h1-5H,(H,15,16)(H,18,19).